The Kier molecular flexibility index (Phi) is 4.57. The van der Waals surface area contributed by atoms with E-state index in [-0.39, 0.29) is 18.3 Å². The van der Waals surface area contributed by atoms with Crippen LogP contribution in [-0.4, -0.2) is 24.5 Å². The maximum absolute atomic E-state index is 11.8. The fourth-order valence-corrected chi connectivity index (χ4v) is 2.40. The van der Waals surface area contributed by atoms with Gasteiger partial charge in [-0.15, -0.1) is 0 Å². The molecule has 2 aromatic heterocycles. The first-order valence-corrected chi connectivity index (χ1v) is 8.63. The first-order chi connectivity index (χ1) is 11.8. The van der Waals surface area contributed by atoms with Crippen molar-refractivity contribution in [2.24, 2.45) is 5.14 Å². The molecule has 0 atom stereocenters. The number of furan rings is 1. The molecule has 1 aromatic carbocycles. The van der Waals surface area contributed by atoms with E-state index in [1.165, 1.54) is 0 Å². The molecule has 0 saturated heterocycles. The van der Waals surface area contributed by atoms with Crippen molar-refractivity contribution >= 4 is 27.6 Å². The number of sulfonamides is 1. The number of aromatic nitrogens is 2. The van der Waals surface area contributed by atoms with Crippen molar-refractivity contribution < 1.29 is 26.9 Å². The predicted molar refractivity (Wildman–Crippen MR) is 83.9 cm³/mol. The van der Waals surface area contributed by atoms with Crippen molar-refractivity contribution in [2.75, 3.05) is 0 Å². The van der Waals surface area contributed by atoms with Crippen LogP contribution in [0.1, 0.15) is 16.4 Å². The molecule has 3 aromatic rings. The average molecular weight is 384 g/mol. The first-order valence-electron chi connectivity index (χ1n) is 6.71. The Balaban J connectivity index is 1.65. The number of halogens is 1. The SMILES string of the molecule is NS(=O)(=O)c1ccc(C(=O)OCc2nc(-c3ccc(Cl)cc3)no2)o1. The maximum Gasteiger partial charge on any atom is 0.374 e. The van der Waals surface area contributed by atoms with Gasteiger partial charge in [0.25, 0.3) is 15.9 Å². The molecular formula is C14H10ClN3O6S. The lowest BCUT2D eigenvalue weighted by Crippen LogP contribution is -2.11. The van der Waals surface area contributed by atoms with E-state index in [1.54, 1.807) is 24.3 Å². The van der Waals surface area contributed by atoms with Gasteiger partial charge in [0.05, 0.1) is 0 Å². The Morgan fingerprint density at radius 3 is 2.56 bits per heavy atom. The molecule has 0 aliphatic rings. The molecule has 0 spiro atoms. The average Bonchev–Trinajstić information content (AvgIpc) is 3.22. The molecule has 2 heterocycles. The molecule has 0 fully saturated rings. The zero-order valence-electron chi connectivity index (χ0n) is 12.4. The van der Waals surface area contributed by atoms with Crippen molar-refractivity contribution in [3.8, 4) is 11.4 Å². The summed E-state index contributed by atoms with van der Waals surface area (Å²) in [5.41, 5.74) is 0.676. The van der Waals surface area contributed by atoms with Gasteiger partial charge in [-0.1, -0.05) is 16.8 Å². The van der Waals surface area contributed by atoms with Crippen LogP contribution in [0.4, 0.5) is 0 Å². The van der Waals surface area contributed by atoms with Gasteiger partial charge in [-0.05, 0) is 36.4 Å². The largest absolute Gasteiger partial charge is 0.450 e. The third-order valence-electron chi connectivity index (χ3n) is 2.96. The van der Waals surface area contributed by atoms with Crippen LogP contribution >= 0.6 is 11.6 Å². The highest BCUT2D eigenvalue weighted by atomic mass is 35.5. The van der Waals surface area contributed by atoms with Crippen molar-refractivity contribution in [2.45, 2.75) is 11.7 Å². The van der Waals surface area contributed by atoms with Crippen LogP contribution in [0.25, 0.3) is 11.4 Å². The Morgan fingerprint density at radius 2 is 1.92 bits per heavy atom. The number of nitrogens with two attached hydrogens (primary N) is 1. The monoisotopic (exact) mass is 383 g/mol. The first kappa shape index (κ1) is 17.1. The van der Waals surface area contributed by atoms with Gasteiger partial charge in [0.15, 0.2) is 6.61 Å². The molecule has 0 bridgehead atoms. The van der Waals surface area contributed by atoms with Crippen molar-refractivity contribution in [3.63, 3.8) is 0 Å². The molecule has 11 heteroatoms. The van der Waals surface area contributed by atoms with Crippen LogP contribution in [0.5, 0.6) is 0 Å². The zero-order chi connectivity index (χ0) is 18.0. The lowest BCUT2D eigenvalue weighted by molar-refractivity contribution is 0.0388. The number of rotatable bonds is 5. The summed E-state index contributed by atoms with van der Waals surface area (Å²) < 4.78 is 36.9. The lowest BCUT2D eigenvalue weighted by Gasteiger charge is -1.98. The number of primary sulfonamides is 1. The van der Waals surface area contributed by atoms with E-state index in [9.17, 15) is 13.2 Å². The standard InChI is InChI=1S/C14H10ClN3O6S/c15-9-3-1-8(2-4-9)13-17-11(24-18-13)7-22-14(19)10-5-6-12(23-10)25(16,20)21/h1-6H,7H2,(H2,16,20,21). The number of carbonyl (C=O) groups excluding carboxylic acids is 1. The second-order valence-electron chi connectivity index (χ2n) is 4.76. The highest BCUT2D eigenvalue weighted by Gasteiger charge is 2.19. The van der Waals surface area contributed by atoms with Gasteiger partial charge in [0.1, 0.15) is 0 Å². The summed E-state index contributed by atoms with van der Waals surface area (Å²) in [7, 11) is -4.04. The van der Waals surface area contributed by atoms with E-state index in [0.29, 0.717) is 16.4 Å². The molecule has 0 aliphatic heterocycles. The highest BCUT2D eigenvalue weighted by molar-refractivity contribution is 7.89. The summed E-state index contributed by atoms with van der Waals surface area (Å²) in [4.78, 5) is 15.9. The highest BCUT2D eigenvalue weighted by Crippen LogP contribution is 2.19. The summed E-state index contributed by atoms with van der Waals surface area (Å²) in [6, 6.07) is 8.95. The maximum atomic E-state index is 11.8. The van der Waals surface area contributed by atoms with E-state index in [2.05, 4.69) is 10.1 Å². The number of nitrogens with zero attached hydrogens (tertiary/aromatic N) is 2. The zero-order valence-corrected chi connectivity index (χ0v) is 14.0. The predicted octanol–water partition coefficient (Wildman–Crippen LogP) is 1.99. The molecule has 3 rings (SSSR count). The Morgan fingerprint density at radius 1 is 1.20 bits per heavy atom. The smallest absolute Gasteiger partial charge is 0.374 e. The number of carbonyl (C=O) groups is 1. The third kappa shape index (κ3) is 4.05. The number of ether oxygens (including phenoxy) is 1. The Bertz CT molecular complexity index is 1010. The number of hydrogen-bond donors (Lipinski definition) is 1. The van der Waals surface area contributed by atoms with Crippen LogP contribution in [0.2, 0.25) is 5.02 Å². The van der Waals surface area contributed by atoms with Crippen LogP contribution < -0.4 is 5.14 Å². The number of esters is 1. The van der Waals surface area contributed by atoms with E-state index in [4.69, 9.17) is 30.4 Å². The minimum absolute atomic E-state index is 0.0523. The van der Waals surface area contributed by atoms with Crippen molar-refractivity contribution in [1.29, 1.82) is 0 Å². The fraction of sp³-hybridized carbons (Fsp3) is 0.0714. The van der Waals surface area contributed by atoms with E-state index in [1.807, 2.05) is 0 Å². The van der Waals surface area contributed by atoms with Crippen LogP contribution in [0.15, 0.2) is 50.4 Å². The summed E-state index contributed by atoms with van der Waals surface area (Å²) in [6.45, 7) is -0.315. The summed E-state index contributed by atoms with van der Waals surface area (Å²) in [5, 5.41) is 8.68. The number of benzene rings is 1. The van der Waals surface area contributed by atoms with Gasteiger partial charge in [-0.3, -0.25) is 0 Å². The molecule has 0 saturated carbocycles. The van der Waals surface area contributed by atoms with E-state index < -0.39 is 21.1 Å². The van der Waals surface area contributed by atoms with E-state index >= 15 is 0 Å². The lowest BCUT2D eigenvalue weighted by atomic mass is 10.2. The Hall–Kier alpha value is -2.69. The van der Waals surface area contributed by atoms with Crippen LogP contribution in [0, 0.1) is 0 Å². The minimum Gasteiger partial charge on any atom is -0.450 e. The Labute approximate surface area is 146 Å². The van der Waals surface area contributed by atoms with Gasteiger partial charge in [0.2, 0.25) is 16.7 Å². The van der Waals surface area contributed by atoms with Crippen LogP contribution in [-0.2, 0) is 21.4 Å². The summed E-state index contributed by atoms with van der Waals surface area (Å²) >= 11 is 5.80. The quantitative estimate of drug-likeness (QED) is 0.660. The topological polar surface area (TPSA) is 139 Å². The third-order valence-corrected chi connectivity index (χ3v) is 3.99. The molecule has 0 aliphatic carbocycles. The van der Waals surface area contributed by atoms with Gasteiger partial charge in [-0.25, -0.2) is 18.4 Å². The molecule has 2 N–H and O–H groups in total. The van der Waals surface area contributed by atoms with Gasteiger partial charge >= 0.3 is 5.97 Å². The second kappa shape index (κ2) is 6.67. The molecular weight excluding hydrogens is 374 g/mol. The number of hydrogen-bond acceptors (Lipinski definition) is 8. The minimum atomic E-state index is -4.04. The summed E-state index contributed by atoms with van der Waals surface area (Å²) in [5.74, 6) is -0.864. The van der Waals surface area contributed by atoms with Crippen molar-refractivity contribution in [1.82, 2.24) is 10.1 Å². The van der Waals surface area contributed by atoms with Crippen molar-refractivity contribution in [3.05, 3.63) is 53.1 Å². The molecule has 130 valence electrons. The molecule has 0 amide bonds. The van der Waals surface area contributed by atoms with Gasteiger partial charge in [-0.2, -0.15) is 4.98 Å². The van der Waals surface area contributed by atoms with E-state index in [0.717, 1.165) is 12.1 Å². The normalized spacial score (nSPS) is 11.4. The van der Waals surface area contributed by atoms with Gasteiger partial charge in [0, 0.05) is 10.6 Å². The molecule has 9 nitrogen and oxygen atoms in total. The van der Waals surface area contributed by atoms with Crippen LogP contribution in [0.3, 0.4) is 0 Å². The van der Waals surface area contributed by atoms with Gasteiger partial charge < -0.3 is 13.7 Å². The molecule has 25 heavy (non-hydrogen) atoms. The summed E-state index contributed by atoms with van der Waals surface area (Å²) in [6.07, 6.45) is 0. The second-order valence-corrected chi connectivity index (χ2v) is 6.69. The molecule has 0 radical (unpaired) electrons. The molecule has 0 unspecified atom stereocenters. The fourth-order valence-electron chi connectivity index (χ4n) is 1.81.